The monoisotopic (exact) mass is 1580 g/mol. The first kappa shape index (κ1) is 82.1. The SMILES string of the molecule is CC(C)Oc1ccc(-c2cc(O[C@H](C)[C@H]3CNC(=O)C3)c3cccnc3c2)cn1.CCN(Cc1ccc(-c2cc(O[C@H](C)[C@H]3CNC(=O)C3)c3cccnc3c2)cc1)C(C)=O.CCOc1ccc(-c2cc(O[C@H](C)[C@H]3CNC(=O)C3)c3cccnc3c2)cn1.COc1ncc(-c2cc(O[C@H](C)[C@H]3CNC(=O)C3)c3cccnc3c2)cc1F. The van der Waals surface area contributed by atoms with Crippen LogP contribution in [0.5, 0.6) is 40.6 Å². The molecular weight excluding hydrogens is 1480 g/mol. The highest BCUT2D eigenvalue weighted by atomic mass is 19.1. The van der Waals surface area contributed by atoms with Gasteiger partial charge in [0.15, 0.2) is 5.82 Å². The first-order valence-corrected chi connectivity index (χ1v) is 39.7. The maximum atomic E-state index is 14.1. The Hall–Kier alpha value is -12.9. The van der Waals surface area contributed by atoms with Crippen LogP contribution in [0.1, 0.15) is 93.6 Å². The molecule has 16 rings (SSSR count). The van der Waals surface area contributed by atoms with Crippen molar-refractivity contribution in [2.24, 2.45) is 23.7 Å². The third-order valence-corrected chi connectivity index (χ3v) is 21.3. The fourth-order valence-electron chi connectivity index (χ4n) is 14.5. The van der Waals surface area contributed by atoms with Gasteiger partial charge in [-0.2, -0.15) is 0 Å². The van der Waals surface area contributed by atoms with E-state index in [9.17, 15) is 28.4 Å². The lowest BCUT2D eigenvalue weighted by Crippen LogP contribution is -2.27. The molecule has 25 heteroatoms. The summed E-state index contributed by atoms with van der Waals surface area (Å²) >= 11 is 0. The lowest BCUT2D eigenvalue weighted by Gasteiger charge is -2.21. The number of rotatable bonds is 24. The molecule has 0 bridgehead atoms. The van der Waals surface area contributed by atoms with Crippen molar-refractivity contribution >= 4 is 73.1 Å². The summed E-state index contributed by atoms with van der Waals surface area (Å²) < 4.78 is 55.3. The number of nitrogens with zero attached hydrogens (tertiary/aromatic N) is 8. The number of benzene rings is 5. The molecule has 0 radical (unpaired) electrons. The van der Waals surface area contributed by atoms with Gasteiger partial charge in [0.05, 0.1) is 41.9 Å². The van der Waals surface area contributed by atoms with Crippen molar-refractivity contribution in [3.05, 3.63) is 206 Å². The van der Waals surface area contributed by atoms with Gasteiger partial charge < -0.3 is 59.3 Å². The van der Waals surface area contributed by atoms with E-state index in [0.29, 0.717) is 94.6 Å². The second-order valence-corrected chi connectivity index (χ2v) is 29.9. The Morgan fingerprint density at radius 2 is 0.778 bits per heavy atom. The predicted molar refractivity (Wildman–Crippen MR) is 447 cm³/mol. The molecular formula is C92H97FN12O12. The Labute approximate surface area is 679 Å². The molecule has 5 aromatic carbocycles. The standard InChI is InChI=1S/C26H29N3O3.C23H25N3O3.C22H23N3O3.C21H20FN3O3/c1-4-29(18(3)30)16-19-7-9-20(10-8-19)21-12-24-23(6-5-11-27-24)25(13-21)32-17(2)22-14-26(31)28-15-22;1-14(2)28-23-7-6-16(12-26-23)17-9-20-19(5-4-8-24-20)21(10-17)29-15(3)18-11-22(27)25-13-18;1-3-27-22-7-6-15(12-25-22)16-9-19-18(5-4-8-23-19)20(10-16)28-14(2)17-11-21(26)24-13-17;1-12(14-9-20(26)24-10-14)28-19-8-13(7-18-16(19)4-3-5-23-18)15-6-17(22)21(27-2)25-11-15/h5-13,17,22H,4,14-16H2,1-3H3,(H,28,31);4-10,12,14-15,18H,11,13H2,1-3H3,(H,25,27);4-10,12,14,17H,3,11,13H2,1-2H3,(H,24,26);3-8,11-12,14H,9-10H2,1-2H3,(H,24,26)/t17-,22-;15-,18-;14-,17-;12-,14-/m1111/s1. The van der Waals surface area contributed by atoms with E-state index < -0.39 is 5.82 Å². The van der Waals surface area contributed by atoms with E-state index >= 15 is 0 Å². The van der Waals surface area contributed by atoms with Crippen molar-refractivity contribution in [1.82, 2.24) is 61.1 Å². The molecule has 12 aromatic rings. The summed E-state index contributed by atoms with van der Waals surface area (Å²) in [6, 6.07) is 48.8. The van der Waals surface area contributed by atoms with Crippen LogP contribution >= 0.6 is 0 Å². The van der Waals surface area contributed by atoms with Gasteiger partial charge in [0.25, 0.3) is 0 Å². The first-order valence-electron chi connectivity index (χ1n) is 39.7. The highest BCUT2D eigenvalue weighted by Crippen LogP contribution is 2.40. The summed E-state index contributed by atoms with van der Waals surface area (Å²) in [5.41, 5.74) is 11.7. The largest absolute Gasteiger partial charge is 0.490 e. The Kier molecular flexibility index (Phi) is 26.7. The summed E-state index contributed by atoms with van der Waals surface area (Å²) in [7, 11) is 1.38. The van der Waals surface area contributed by atoms with Gasteiger partial charge >= 0.3 is 0 Å². The average Bonchev–Trinajstić information content (AvgIpc) is 1.58. The number of carbonyl (C=O) groups excluding carboxylic acids is 5. The molecule has 11 heterocycles. The number of amides is 5. The number of nitrogens with one attached hydrogen (secondary N) is 4. The minimum absolute atomic E-state index is 0.0421. The Morgan fingerprint density at radius 3 is 1.09 bits per heavy atom. The molecule has 117 heavy (non-hydrogen) atoms. The zero-order chi connectivity index (χ0) is 82.2. The minimum atomic E-state index is -0.535. The number of ether oxygens (including phenoxy) is 7. The van der Waals surface area contributed by atoms with E-state index in [2.05, 4.69) is 86.5 Å². The molecule has 4 aliphatic heterocycles. The van der Waals surface area contributed by atoms with Crippen molar-refractivity contribution < 1.29 is 61.5 Å². The molecule has 8 atom stereocenters. The number of pyridine rings is 7. The number of hydrogen-bond donors (Lipinski definition) is 4. The molecule has 4 aliphatic rings. The number of methoxy groups -OCH3 is 1. The highest BCUT2D eigenvalue weighted by Gasteiger charge is 2.33. The normalized spacial score (nSPS) is 17.2. The van der Waals surface area contributed by atoms with Crippen LogP contribution in [0.3, 0.4) is 0 Å². The molecule has 5 amide bonds. The van der Waals surface area contributed by atoms with Gasteiger partial charge in [0, 0.05) is 189 Å². The Balaban J connectivity index is 0.000000136. The van der Waals surface area contributed by atoms with E-state index in [-0.39, 0.29) is 89.6 Å². The number of carbonyl (C=O) groups is 5. The molecule has 0 spiro atoms. The van der Waals surface area contributed by atoms with Crippen LogP contribution in [0.4, 0.5) is 4.39 Å². The zero-order valence-corrected chi connectivity index (χ0v) is 67.3. The molecule has 0 unspecified atom stereocenters. The molecule has 4 fully saturated rings. The summed E-state index contributed by atoms with van der Waals surface area (Å²) in [5, 5.41) is 15.2. The number of hydrogen-bond acceptors (Lipinski definition) is 19. The first-order chi connectivity index (χ1) is 56.6. The molecule has 0 saturated carbocycles. The van der Waals surface area contributed by atoms with Crippen LogP contribution in [0.2, 0.25) is 0 Å². The maximum Gasteiger partial charge on any atom is 0.250 e. The lowest BCUT2D eigenvalue weighted by atomic mass is 10.0. The second-order valence-electron chi connectivity index (χ2n) is 29.9. The third-order valence-electron chi connectivity index (χ3n) is 21.3. The third kappa shape index (κ3) is 20.8. The summed E-state index contributed by atoms with van der Waals surface area (Å²) in [6.45, 7) is 21.9. The quantitative estimate of drug-likeness (QED) is 0.0437. The second kappa shape index (κ2) is 38.0. The topological polar surface area (TPSA) is 292 Å². The van der Waals surface area contributed by atoms with E-state index in [1.807, 2.05) is 176 Å². The summed E-state index contributed by atoms with van der Waals surface area (Å²) in [5.74, 6) is 4.51. The Bertz CT molecular complexity index is 5530. The van der Waals surface area contributed by atoms with Crippen molar-refractivity contribution in [2.45, 2.75) is 125 Å². The maximum absolute atomic E-state index is 14.1. The number of halogens is 1. The molecule has 7 aromatic heterocycles. The van der Waals surface area contributed by atoms with Gasteiger partial charge in [-0.15, -0.1) is 0 Å². The zero-order valence-electron chi connectivity index (χ0n) is 67.3. The van der Waals surface area contributed by atoms with Crippen LogP contribution in [-0.2, 0) is 30.5 Å². The van der Waals surface area contributed by atoms with Crippen LogP contribution < -0.4 is 54.4 Å². The van der Waals surface area contributed by atoms with Crippen LogP contribution in [-0.4, -0.2) is 146 Å². The van der Waals surface area contributed by atoms with Crippen LogP contribution in [0.15, 0.2) is 195 Å². The highest BCUT2D eigenvalue weighted by molar-refractivity contribution is 5.94. The van der Waals surface area contributed by atoms with Gasteiger partial charge in [-0.1, -0.05) is 24.3 Å². The molecule has 24 nitrogen and oxygen atoms in total. The minimum Gasteiger partial charge on any atom is -0.490 e. The van der Waals surface area contributed by atoms with Gasteiger partial charge in [0.2, 0.25) is 47.2 Å². The molecule has 604 valence electrons. The van der Waals surface area contributed by atoms with E-state index in [1.165, 1.54) is 13.2 Å². The fraction of sp³-hybridized carbons (Fsp3) is 0.326. The van der Waals surface area contributed by atoms with Crippen LogP contribution in [0, 0.1) is 29.5 Å². The summed E-state index contributed by atoms with van der Waals surface area (Å²) in [4.78, 5) is 90.5. The van der Waals surface area contributed by atoms with Crippen molar-refractivity contribution in [3.8, 4) is 85.1 Å². The number of fused-ring (bicyclic) bond motifs is 4. The van der Waals surface area contributed by atoms with Gasteiger partial charge in [-0.25, -0.2) is 19.3 Å². The average molecular weight is 1580 g/mol. The van der Waals surface area contributed by atoms with Crippen LogP contribution in [0.25, 0.3) is 88.1 Å². The van der Waals surface area contributed by atoms with Crippen molar-refractivity contribution in [2.75, 3.05) is 46.4 Å². The fourth-order valence-corrected chi connectivity index (χ4v) is 14.5. The summed E-state index contributed by atoms with van der Waals surface area (Å²) in [6.07, 6.45) is 13.8. The van der Waals surface area contributed by atoms with Gasteiger partial charge in [0.1, 0.15) is 47.4 Å². The smallest absolute Gasteiger partial charge is 0.250 e. The van der Waals surface area contributed by atoms with Crippen molar-refractivity contribution in [1.29, 1.82) is 0 Å². The number of aromatic nitrogens is 7. The predicted octanol–water partition coefficient (Wildman–Crippen LogP) is 15.1. The van der Waals surface area contributed by atoms with E-state index in [4.69, 9.17) is 33.2 Å². The molecule has 4 N–H and O–H groups in total. The van der Waals surface area contributed by atoms with E-state index in [1.54, 1.807) is 50.3 Å². The van der Waals surface area contributed by atoms with Gasteiger partial charge in [-0.05, 0) is 204 Å². The molecule has 0 aliphatic carbocycles. The van der Waals surface area contributed by atoms with Gasteiger partial charge in [-0.3, -0.25) is 43.9 Å². The van der Waals surface area contributed by atoms with Crippen molar-refractivity contribution in [3.63, 3.8) is 0 Å². The molecule has 4 saturated heterocycles. The Morgan fingerprint density at radius 1 is 0.427 bits per heavy atom. The lowest BCUT2D eigenvalue weighted by molar-refractivity contribution is -0.129. The van der Waals surface area contributed by atoms with E-state index in [0.717, 1.165) is 105 Å².